The van der Waals surface area contributed by atoms with Crippen molar-refractivity contribution in [1.29, 1.82) is 5.26 Å². The lowest BCUT2D eigenvalue weighted by molar-refractivity contribution is -0.137. The quantitative estimate of drug-likeness (QED) is 0.810. The van der Waals surface area contributed by atoms with Gasteiger partial charge in [0.15, 0.2) is 0 Å². The molecular weight excluding hydrogens is 257 g/mol. The number of halogens is 3. The first-order valence-electron chi connectivity index (χ1n) is 5.76. The molecule has 0 amide bonds. The molecule has 0 aromatic heterocycles. The van der Waals surface area contributed by atoms with Crippen LogP contribution in [-0.4, -0.2) is 20.2 Å². The number of benzene rings is 1. The smallest absolute Gasteiger partial charge is 0.375 e. The molecular formula is C13H15F3N2O. The number of nitrogens with zero attached hydrogens (tertiary/aromatic N) is 1. The van der Waals surface area contributed by atoms with E-state index in [1.165, 1.54) is 13.2 Å². The van der Waals surface area contributed by atoms with Crippen molar-refractivity contribution in [3.8, 4) is 6.07 Å². The first kappa shape index (κ1) is 15.5. The number of hydrogen-bond acceptors (Lipinski definition) is 3. The van der Waals surface area contributed by atoms with Gasteiger partial charge in [-0.05, 0) is 17.7 Å². The van der Waals surface area contributed by atoms with E-state index in [-0.39, 0.29) is 0 Å². The minimum absolute atomic E-state index is 0.346. The Morgan fingerprint density at radius 1 is 1.42 bits per heavy atom. The van der Waals surface area contributed by atoms with Crippen molar-refractivity contribution < 1.29 is 17.9 Å². The van der Waals surface area contributed by atoms with E-state index in [9.17, 15) is 13.2 Å². The zero-order valence-corrected chi connectivity index (χ0v) is 10.5. The largest absolute Gasteiger partial charge is 0.416 e. The summed E-state index contributed by atoms with van der Waals surface area (Å²) in [6.45, 7) is 0.842. The van der Waals surface area contributed by atoms with Gasteiger partial charge in [-0.2, -0.15) is 18.4 Å². The summed E-state index contributed by atoms with van der Waals surface area (Å²) in [5.74, 6) is 0. The average Bonchev–Trinajstić information content (AvgIpc) is 2.38. The normalized spacial score (nSPS) is 13.0. The van der Waals surface area contributed by atoms with Crippen LogP contribution in [0.5, 0.6) is 0 Å². The Bertz CT molecular complexity index is 440. The van der Waals surface area contributed by atoms with Gasteiger partial charge >= 0.3 is 6.18 Å². The van der Waals surface area contributed by atoms with Crippen LogP contribution in [0.25, 0.3) is 0 Å². The summed E-state index contributed by atoms with van der Waals surface area (Å²) in [6.07, 6.45) is -4.48. The minimum Gasteiger partial charge on any atom is -0.375 e. The molecule has 0 saturated carbocycles. The third-order valence-corrected chi connectivity index (χ3v) is 2.61. The number of rotatable bonds is 6. The Morgan fingerprint density at radius 3 is 2.74 bits per heavy atom. The van der Waals surface area contributed by atoms with Crippen molar-refractivity contribution in [3.63, 3.8) is 0 Å². The van der Waals surface area contributed by atoms with E-state index >= 15 is 0 Å². The van der Waals surface area contributed by atoms with Gasteiger partial charge in [0.05, 0.1) is 17.7 Å². The van der Waals surface area contributed by atoms with Crippen molar-refractivity contribution in [2.75, 3.05) is 20.2 Å². The summed E-state index contributed by atoms with van der Waals surface area (Å²) >= 11 is 0. The SMILES string of the molecule is COC(CNCCC#N)c1cccc(C(F)(F)F)c1. The fraction of sp³-hybridized carbons (Fsp3) is 0.462. The van der Waals surface area contributed by atoms with Crippen LogP contribution >= 0.6 is 0 Å². The molecule has 1 aromatic rings. The summed E-state index contributed by atoms with van der Waals surface area (Å²) < 4.78 is 43.0. The van der Waals surface area contributed by atoms with Crippen molar-refractivity contribution >= 4 is 0 Å². The molecule has 1 rings (SSSR count). The van der Waals surface area contributed by atoms with Crippen LogP contribution in [0.2, 0.25) is 0 Å². The molecule has 1 unspecified atom stereocenters. The number of alkyl halides is 3. The highest BCUT2D eigenvalue weighted by molar-refractivity contribution is 5.27. The van der Waals surface area contributed by atoms with Gasteiger partial charge in [-0.1, -0.05) is 12.1 Å². The lowest BCUT2D eigenvalue weighted by Crippen LogP contribution is -2.23. The molecule has 0 aliphatic heterocycles. The number of methoxy groups -OCH3 is 1. The van der Waals surface area contributed by atoms with Gasteiger partial charge in [0.1, 0.15) is 0 Å². The van der Waals surface area contributed by atoms with E-state index in [0.29, 0.717) is 25.1 Å². The van der Waals surface area contributed by atoms with Crippen molar-refractivity contribution in [1.82, 2.24) is 5.32 Å². The van der Waals surface area contributed by atoms with Crippen LogP contribution in [0.4, 0.5) is 13.2 Å². The van der Waals surface area contributed by atoms with Gasteiger partial charge in [0.25, 0.3) is 0 Å². The van der Waals surface area contributed by atoms with Gasteiger partial charge in [0, 0.05) is 26.6 Å². The third kappa shape index (κ3) is 4.89. The predicted molar refractivity (Wildman–Crippen MR) is 64.3 cm³/mol. The maximum Gasteiger partial charge on any atom is 0.416 e. The lowest BCUT2D eigenvalue weighted by atomic mass is 10.1. The highest BCUT2D eigenvalue weighted by Crippen LogP contribution is 2.31. The molecule has 19 heavy (non-hydrogen) atoms. The highest BCUT2D eigenvalue weighted by atomic mass is 19.4. The average molecular weight is 272 g/mol. The molecule has 1 N–H and O–H groups in total. The number of ether oxygens (including phenoxy) is 1. The second-order valence-electron chi connectivity index (χ2n) is 3.96. The van der Waals surface area contributed by atoms with Gasteiger partial charge in [-0.25, -0.2) is 0 Å². The Balaban J connectivity index is 2.73. The van der Waals surface area contributed by atoms with Crippen LogP contribution in [-0.2, 0) is 10.9 Å². The van der Waals surface area contributed by atoms with E-state index in [2.05, 4.69) is 5.32 Å². The van der Waals surface area contributed by atoms with E-state index in [1.807, 2.05) is 6.07 Å². The maximum atomic E-state index is 12.6. The Hall–Kier alpha value is -1.58. The number of hydrogen-bond donors (Lipinski definition) is 1. The van der Waals surface area contributed by atoms with Crippen molar-refractivity contribution in [2.24, 2.45) is 0 Å². The Morgan fingerprint density at radius 2 is 2.16 bits per heavy atom. The molecule has 0 fully saturated rings. The molecule has 0 bridgehead atoms. The van der Waals surface area contributed by atoms with E-state index in [1.54, 1.807) is 6.07 Å². The highest BCUT2D eigenvalue weighted by Gasteiger charge is 2.30. The predicted octanol–water partition coefficient (Wildman–Crippen LogP) is 2.90. The minimum atomic E-state index is -4.36. The van der Waals surface area contributed by atoms with Crippen LogP contribution in [0.3, 0.4) is 0 Å². The van der Waals surface area contributed by atoms with E-state index < -0.39 is 17.8 Å². The molecule has 0 heterocycles. The fourth-order valence-corrected chi connectivity index (χ4v) is 1.63. The van der Waals surface area contributed by atoms with E-state index in [4.69, 9.17) is 10.00 Å². The molecule has 6 heteroatoms. The van der Waals surface area contributed by atoms with Crippen LogP contribution in [0, 0.1) is 11.3 Å². The summed E-state index contributed by atoms with van der Waals surface area (Å²) in [5, 5.41) is 11.4. The molecule has 0 spiro atoms. The van der Waals surface area contributed by atoms with Crippen LogP contribution < -0.4 is 5.32 Å². The van der Waals surface area contributed by atoms with Crippen molar-refractivity contribution in [2.45, 2.75) is 18.7 Å². The summed E-state index contributed by atoms with van der Waals surface area (Å²) in [4.78, 5) is 0. The van der Waals surface area contributed by atoms with Gasteiger partial charge in [0.2, 0.25) is 0 Å². The molecule has 0 saturated heterocycles. The third-order valence-electron chi connectivity index (χ3n) is 2.61. The molecule has 104 valence electrons. The molecule has 0 aliphatic rings. The van der Waals surface area contributed by atoms with Gasteiger partial charge < -0.3 is 10.1 Å². The zero-order chi connectivity index (χ0) is 14.3. The van der Waals surface area contributed by atoms with Crippen molar-refractivity contribution in [3.05, 3.63) is 35.4 Å². The second kappa shape index (κ2) is 7.12. The Kier molecular flexibility index (Phi) is 5.80. The molecule has 3 nitrogen and oxygen atoms in total. The van der Waals surface area contributed by atoms with Crippen LogP contribution in [0.1, 0.15) is 23.7 Å². The first-order valence-corrected chi connectivity index (χ1v) is 5.76. The summed E-state index contributed by atoms with van der Waals surface area (Å²) in [6, 6.07) is 7.04. The maximum absolute atomic E-state index is 12.6. The zero-order valence-electron chi connectivity index (χ0n) is 10.5. The van der Waals surface area contributed by atoms with Gasteiger partial charge in [-0.15, -0.1) is 0 Å². The summed E-state index contributed by atoms with van der Waals surface area (Å²) in [7, 11) is 1.44. The number of nitrogens with one attached hydrogen (secondary N) is 1. The van der Waals surface area contributed by atoms with Crippen LogP contribution in [0.15, 0.2) is 24.3 Å². The fourth-order valence-electron chi connectivity index (χ4n) is 1.63. The molecule has 1 atom stereocenters. The molecule has 1 aromatic carbocycles. The topological polar surface area (TPSA) is 45.0 Å². The number of nitriles is 1. The summed E-state index contributed by atoms with van der Waals surface area (Å²) in [5.41, 5.74) is -0.231. The van der Waals surface area contributed by atoms with E-state index in [0.717, 1.165) is 12.1 Å². The standard InChI is InChI=1S/C13H15F3N2O/c1-19-12(9-18-7-3-6-17)10-4-2-5-11(8-10)13(14,15)16/h2,4-5,8,12,18H,3,7,9H2,1H3. The Labute approximate surface area is 110 Å². The molecule has 0 aliphatic carbocycles. The second-order valence-corrected chi connectivity index (χ2v) is 3.96. The first-order chi connectivity index (χ1) is 8.99. The van der Waals surface area contributed by atoms with Gasteiger partial charge in [-0.3, -0.25) is 0 Å². The molecule has 0 radical (unpaired) electrons. The lowest BCUT2D eigenvalue weighted by Gasteiger charge is -2.17. The monoisotopic (exact) mass is 272 g/mol.